The number of anilines is 1. The number of ether oxygens (including phenoxy) is 1. The van der Waals surface area contributed by atoms with Crippen LogP contribution < -0.4 is 9.46 Å². The average molecular weight is 504 g/mol. The van der Waals surface area contributed by atoms with Crippen molar-refractivity contribution in [1.29, 1.82) is 0 Å². The van der Waals surface area contributed by atoms with Crippen molar-refractivity contribution in [1.82, 2.24) is 4.90 Å². The predicted molar refractivity (Wildman–Crippen MR) is 110 cm³/mol. The van der Waals surface area contributed by atoms with Gasteiger partial charge in [-0.2, -0.15) is 13.2 Å². The summed E-state index contributed by atoms with van der Waals surface area (Å²) < 4.78 is 73.3. The van der Waals surface area contributed by atoms with Crippen LogP contribution in [0.4, 0.5) is 18.9 Å². The van der Waals surface area contributed by atoms with Gasteiger partial charge in [-0.05, 0) is 37.7 Å². The summed E-state index contributed by atoms with van der Waals surface area (Å²) in [6.07, 6.45) is -4.54. The van der Waals surface area contributed by atoms with Crippen LogP contribution >= 0.6 is 34.8 Å². The maximum absolute atomic E-state index is 13.4. The van der Waals surface area contributed by atoms with Crippen molar-refractivity contribution in [2.24, 2.45) is 0 Å². The number of rotatable bonds is 5. The van der Waals surface area contributed by atoms with Gasteiger partial charge in [0, 0.05) is 19.2 Å². The normalized spacial score (nSPS) is 17.9. The molecule has 1 saturated heterocycles. The third-order valence-electron chi connectivity index (χ3n) is 4.45. The molecule has 2 aromatic carbocycles. The van der Waals surface area contributed by atoms with Gasteiger partial charge in [0.15, 0.2) is 0 Å². The van der Waals surface area contributed by atoms with Crippen LogP contribution in [-0.4, -0.2) is 39.6 Å². The summed E-state index contributed by atoms with van der Waals surface area (Å²) in [5.74, 6) is -0.455. The number of sulfonamides is 1. The van der Waals surface area contributed by atoms with Crippen molar-refractivity contribution in [3.05, 3.63) is 51.0 Å². The summed E-state index contributed by atoms with van der Waals surface area (Å²) in [5, 5.41) is -0.162. The zero-order valence-corrected chi connectivity index (χ0v) is 18.5. The van der Waals surface area contributed by atoms with E-state index in [0.29, 0.717) is 19.5 Å². The maximum Gasteiger partial charge on any atom is 0.419 e. The van der Waals surface area contributed by atoms with Gasteiger partial charge in [-0.25, -0.2) is 8.42 Å². The molecule has 1 fully saturated rings. The molecular formula is C18H16Cl3F3N2O3S. The number of likely N-dealkylation sites (N-methyl/N-ethyl adjacent to an activating group) is 1. The maximum atomic E-state index is 13.4. The molecule has 1 aliphatic rings. The Bertz CT molecular complexity index is 1060. The van der Waals surface area contributed by atoms with Crippen molar-refractivity contribution in [3.63, 3.8) is 0 Å². The fourth-order valence-corrected chi connectivity index (χ4v) is 5.06. The number of hydrogen-bond acceptors (Lipinski definition) is 4. The topological polar surface area (TPSA) is 58.6 Å². The van der Waals surface area contributed by atoms with Gasteiger partial charge < -0.3 is 9.64 Å². The van der Waals surface area contributed by atoms with Crippen molar-refractivity contribution in [3.8, 4) is 5.75 Å². The molecule has 1 heterocycles. The average Bonchev–Trinajstić information content (AvgIpc) is 3.01. The third kappa shape index (κ3) is 5.26. The minimum Gasteiger partial charge on any atom is -0.488 e. The highest BCUT2D eigenvalue weighted by Crippen LogP contribution is 2.39. The number of likely N-dealkylation sites (tertiary alicyclic amines) is 1. The van der Waals surface area contributed by atoms with Gasteiger partial charge >= 0.3 is 6.18 Å². The highest BCUT2D eigenvalue weighted by Gasteiger charge is 2.36. The summed E-state index contributed by atoms with van der Waals surface area (Å²) >= 11 is 17.6. The molecule has 5 nitrogen and oxygen atoms in total. The summed E-state index contributed by atoms with van der Waals surface area (Å²) in [4.78, 5) is 1.56. The van der Waals surface area contributed by atoms with Crippen molar-refractivity contribution >= 4 is 50.5 Å². The Morgan fingerprint density at radius 3 is 2.37 bits per heavy atom. The van der Waals surface area contributed by atoms with Crippen molar-refractivity contribution in [2.75, 3.05) is 24.9 Å². The van der Waals surface area contributed by atoms with Crippen LogP contribution in [0.2, 0.25) is 15.1 Å². The Morgan fingerprint density at radius 2 is 1.77 bits per heavy atom. The lowest BCUT2D eigenvalue weighted by Gasteiger charge is -2.19. The molecule has 0 saturated carbocycles. The largest absolute Gasteiger partial charge is 0.488 e. The molecule has 1 N–H and O–H groups in total. The van der Waals surface area contributed by atoms with Gasteiger partial charge in [0.1, 0.15) is 16.7 Å². The fraction of sp³-hybridized carbons (Fsp3) is 0.333. The Balaban J connectivity index is 1.94. The molecule has 0 aromatic heterocycles. The van der Waals surface area contributed by atoms with Gasteiger partial charge in [0.2, 0.25) is 0 Å². The Labute approximate surface area is 186 Å². The van der Waals surface area contributed by atoms with Crippen LogP contribution in [0, 0.1) is 0 Å². The van der Waals surface area contributed by atoms with E-state index in [-0.39, 0.29) is 25.7 Å². The number of nitrogens with one attached hydrogen (secondary N) is 1. The second-order valence-electron chi connectivity index (χ2n) is 6.80. The van der Waals surface area contributed by atoms with Crippen LogP contribution in [-0.2, 0) is 16.2 Å². The lowest BCUT2D eigenvalue weighted by atomic mass is 10.1. The zero-order valence-electron chi connectivity index (χ0n) is 15.4. The number of benzene rings is 2. The van der Waals surface area contributed by atoms with E-state index in [1.165, 1.54) is 0 Å². The first-order chi connectivity index (χ1) is 13.9. The minimum absolute atomic E-state index is 0.0387. The van der Waals surface area contributed by atoms with Gasteiger partial charge in [0.05, 0.1) is 26.3 Å². The molecule has 0 amide bonds. The Morgan fingerprint density at radius 1 is 1.10 bits per heavy atom. The van der Waals surface area contributed by atoms with Crippen LogP contribution in [0.3, 0.4) is 0 Å². The Hall–Kier alpha value is -1.39. The van der Waals surface area contributed by atoms with E-state index in [2.05, 4.69) is 4.72 Å². The number of hydrogen-bond donors (Lipinski definition) is 1. The summed E-state index contributed by atoms with van der Waals surface area (Å²) in [6, 6.07) is 4.99. The van der Waals surface area contributed by atoms with E-state index in [1.54, 1.807) is 0 Å². The molecule has 164 valence electrons. The smallest absolute Gasteiger partial charge is 0.419 e. The SMILES string of the molecule is CN1CCC(Oc2cc(NS(=O)(=O)c3cc(Cl)c(Cl)cc3Cl)ccc2C(F)(F)F)C1. The first-order valence-corrected chi connectivity index (χ1v) is 11.2. The van der Waals surface area contributed by atoms with Gasteiger partial charge in [0.25, 0.3) is 10.0 Å². The van der Waals surface area contributed by atoms with E-state index in [4.69, 9.17) is 39.5 Å². The first kappa shape index (κ1) is 23.3. The second kappa shape index (κ2) is 8.63. The van der Waals surface area contributed by atoms with Crippen LogP contribution in [0.1, 0.15) is 12.0 Å². The molecule has 1 atom stereocenters. The van der Waals surface area contributed by atoms with Crippen LogP contribution in [0.15, 0.2) is 35.2 Å². The molecule has 0 bridgehead atoms. The number of alkyl halides is 3. The predicted octanol–water partition coefficient (Wildman–Crippen LogP) is 5.55. The van der Waals surface area contributed by atoms with Crippen LogP contribution in [0.25, 0.3) is 0 Å². The van der Waals surface area contributed by atoms with Crippen molar-refractivity contribution in [2.45, 2.75) is 23.6 Å². The second-order valence-corrected chi connectivity index (χ2v) is 9.67. The zero-order chi connectivity index (χ0) is 22.3. The summed E-state index contributed by atoms with van der Waals surface area (Å²) in [6.45, 7) is 1.15. The third-order valence-corrected chi connectivity index (χ3v) is 7.01. The number of nitrogens with zero attached hydrogens (tertiary/aromatic N) is 1. The van der Waals surface area contributed by atoms with E-state index in [9.17, 15) is 21.6 Å². The van der Waals surface area contributed by atoms with Gasteiger partial charge in [-0.15, -0.1) is 0 Å². The molecule has 1 aliphatic heterocycles. The number of halogens is 6. The van der Waals surface area contributed by atoms with Crippen molar-refractivity contribution < 1.29 is 26.3 Å². The van der Waals surface area contributed by atoms with Gasteiger partial charge in [-0.3, -0.25) is 4.72 Å². The Kier molecular flexibility index (Phi) is 6.69. The molecule has 0 spiro atoms. The monoisotopic (exact) mass is 502 g/mol. The van der Waals surface area contributed by atoms with Crippen LogP contribution in [0.5, 0.6) is 5.75 Å². The molecule has 1 unspecified atom stereocenters. The van der Waals surface area contributed by atoms with E-state index < -0.39 is 33.6 Å². The highest BCUT2D eigenvalue weighted by atomic mass is 35.5. The molecular weight excluding hydrogens is 488 g/mol. The standard InChI is InChI=1S/C18H16Cl3F3N2O3S/c1-26-5-4-11(9-26)29-16-6-10(2-3-12(16)18(22,23)24)25-30(27,28)17-8-14(20)13(19)7-15(17)21/h2-3,6-8,11,25H,4-5,9H2,1H3. The van der Waals surface area contributed by atoms with Gasteiger partial charge in [-0.1, -0.05) is 34.8 Å². The molecule has 3 rings (SSSR count). The van der Waals surface area contributed by atoms with E-state index in [0.717, 1.165) is 30.3 Å². The lowest BCUT2D eigenvalue weighted by molar-refractivity contribution is -0.139. The molecule has 2 aromatic rings. The minimum atomic E-state index is -4.66. The molecule has 0 aliphatic carbocycles. The van der Waals surface area contributed by atoms with E-state index >= 15 is 0 Å². The highest BCUT2D eigenvalue weighted by molar-refractivity contribution is 7.92. The molecule has 0 radical (unpaired) electrons. The van der Waals surface area contributed by atoms with E-state index in [1.807, 2.05) is 11.9 Å². The summed E-state index contributed by atoms with van der Waals surface area (Å²) in [5.41, 5.74) is -1.11. The fourth-order valence-electron chi connectivity index (χ4n) is 3.01. The molecule has 30 heavy (non-hydrogen) atoms. The quantitative estimate of drug-likeness (QED) is 0.544. The lowest BCUT2D eigenvalue weighted by Crippen LogP contribution is -2.23. The molecule has 12 heteroatoms. The first-order valence-electron chi connectivity index (χ1n) is 8.60. The summed E-state index contributed by atoms with van der Waals surface area (Å²) in [7, 11) is -2.42.